The number of likely N-dealkylation sites (N-methyl/N-ethyl adjacent to an activating group) is 1. The van der Waals surface area contributed by atoms with Crippen LogP contribution in [0.1, 0.15) is 87.5 Å². The number of aromatic nitrogens is 15. The number of hydrogen-bond donors (Lipinski definition) is 6. The molecular weight excluding hydrogens is 1410 g/mol. The van der Waals surface area contributed by atoms with Crippen LogP contribution in [0, 0.1) is 5.92 Å². The van der Waals surface area contributed by atoms with Crippen molar-refractivity contribution in [1.29, 1.82) is 0 Å². The highest BCUT2D eigenvalue weighted by Gasteiger charge is 2.43. The van der Waals surface area contributed by atoms with E-state index in [4.69, 9.17) is 4.74 Å². The number of carbonyl (C=O) groups is 1. The van der Waals surface area contributed by atoms with Crippen molar-refractivity contribution in [3.63, 3.8) is 0 Å². The van der Waals surface area contributed by atoms with E-state index in [0.29, 0.717) is 55.4 Å². The molecule has 1 amide bonds. The Morgan fingerprint density at radius 1 is 0.518 bits per heavy atom. The third-order valence-corrected chi connectivity index (χ3v) is 20.1. The lowest BCUT2D eigenvalue weighted by Crippen LogP contribution is -2.61. The Labute approximate surface area is 657 Å². The van der Waals surface area contributed by atoms with Gasteiger partial charge in [-0.05, 0) is 171 Å². The number of nitrogens with zero attached hydrogens (tertiary/aromatic N) is 20. The van der Waals surface area contributed by atoms with Crippen molar-refractivity contribution < 1.29 is 9.53 Å². The van der Waals surface area contributed by atoms with E-state index in [1.807, 2.05) is 175 Å². The van der Waals surface area contributed by atoms with Gasteiger partial charge >= 0.3 is 0 Å². The Morgan fingerprint density at radius 3 is 1.40 bits per heavy atom. The Bertz CT molecular complexity index is 4800. The van der Waals surface area contributed by atoms with Crippen LogP contribution in [0.5, 0.6) is 0 Å². The maximum atomic E-state index is 12.6. The molecule has 0 bridgehead atoms. The van der Waals surface area contributed by atoms with E-state index in [1.54, 1.807) is 56.4 Å². The van der Waals surface area contributed by atoms with Crippen molar-refractivity contribution in [3.8, 4) is 22.7 Å². The summed E-state index contributed by atoms with van der Waals surface area (Å²) in [5.74, 6) is 5.64. The highest BCUT2D eigenvalue weighted by atomic mass is 16.5. The summed E-state index contributed by atoms with van der Waals surface area (Å²) in [6.07, 6.45) is 17.1. The summed E-state index contributed by atoms with van der Waals surface area (Å²) in [5.41, 5.74) is 8.99. The molecule has 10 heterocycles. The van der Waals surface area contributed by atoms with Gasteiger partial charge in [-0.25, -0.2) is 33.7 Å². The number of amides is 1. The molecule has 3 saturated heterocycles. The first-order valence-corrected chi connectivity index (χ1v) is 38.7. The lowest BCUT2D eigenvalue weighted by atomic mass is 9.77. The first-order chi connectivity index (χ1) is 54.4. The normalized spacial score (nSPS) is 15.2. The van der Waals surface area contributed by atoms with Crippen LogP contribution < -0.4 is 41.7 Å². The number of nitrogens with one attached hydrogen (secondary N) is 6. The van der Waals surface area contributed by atoms with Crippen molar-refractivity contribution in [2.45, 2.75) is 111 Å². The number of pyridine rings is 3. The Morgan fingerprint density at radius 2 is 0.955 bits per heavy atom. The minimum absolute atomic E-state index is 0.125. The predicted octanol–water partition coefficient (Wildman–Crippen LogP) is 14.4. The van der Waals surface area contributed by atoms with Gasteiger partial charge in [0.25, 0.3) is 5.91 Å². The molecule has 28 heteroatoms. The lowest BCUT2D eigenvalue weighted by Gasteiger charge is -2.53. The van der Waals surface area contributed by atoms with Gasteiger partial charge in [0.05, 0.1) is 22.7 Å². The van der Waals surface area contributed by atoms with Crippen LogP contribution in [0.2, 0.25) is 0 Å². The van der Waals surface area contributed by atoms with Gasteiger partial charge in [-0.2, -0.15) is 19.9 Å². The van der Waals surface area contributed by atoms with Gasteiger partial charge in [-0.15, -0.1) is 20.4 Å². The molecular formula is C84H106N26O2. The van der Waals surface area contributed by atoms with Crippen LogP contribution >= 0.6 is 0 Å². The van der Waals surface area contributed by atoms with E-state index in [-0.39, 0.29) is 23.1 Å². The van der Waals surface area contributed by atoms with Gasteiger partial charge in [-0.1, -0.05) is 107 Å². The van der Waals surface area contributed by atoms with Crippen LogP contribution in [0.15, 0.2) is 226 Å². The summed E-state index contributed by atoms with van der Waals surface area (Å²) in [6.45, 7) is 26.6. The van der Waals surface area contributed by atoms with Crippen LogP contribution in [-0.4, -0.2) is 197 Å². The number of para-hydroxylation sites is 4. The number of rotatable bonds is 26. The maximum Gasteiger partial charge on any atom is 0.251 e. The number of carbonyl (C=O) groups excluding carboxylic acids is 1. The topological polar surface area (TPSA) is 276 Å². The lowest BCUT2D eigenvalue weighted by molar-refractivity contribution is -0.141. The van der Waals surface area contributed by atoms with Gasteiger partial charge in [-0.3, -0.25) is 9.69 Å². The van der Waals surface area contributed by atoms with E-state index in [0.717, 1.165) is 134 Å². The summed E-state index contributed by atoms with van der Waals surface area (Å²) >= 11 is 0. The number of benzene rings is 5. The fourth-order valence-corrected chi connectivity index (χ4v) is 13.6. The largest absolute Gasteiger partial charge is 0.375 e. The molecule has 15 rings (SSSR count). The van der Waals surface area contributed by atoms with E-state index in [1.165, 1.54) is 12.1 Å². The molecule has 0 radical (unpaired) electrons. The van der Waals surface area contributed by atoms with Crippen LogP contribution in [0.25, 0.3) is 22.7 Å². The molecule has 7 aromatic heterocycles. The molecule has 584 valence electrons. The Balaban J connectivity index is 0.000000139. The van der Waals surface area contributed by atoms with Gasteiger partial charge in [0.15, 0.2) is 0 Å². The zero-order chi connectivity index (χ0) is 78.2. The van der Waals surface area contributed by atoms with Gasteiger partial charge in [0.2, 0.25) is 23.8 Å². The zero-order valence-corrected chi connectivity index (χ0v) is 66.0. The smallest absolute Gasteiger partial charge is 0.251 e. The van der Waals surface area contributed by atoms with Crippen molar-refractivity contribution in [1.82, 2.24) is 88.7 Å². The molecule has 0 spiro atoms. The number of ether oxygens (including phenoxy) is 1. The van der Waals surface area contributed by atoms with Crippen molar-refractivity contribution in [3.05, 3.63) is 226 Å². The minimum atomic E-state index is -0.251. The molecule has 1 unspecified atom stereocenters. The van der Waals surface area contributed by atoms with Crippen molar-refractivity contribution >= 4 is 75.6 Å². The highest BCUT2D eigenvalue weighted by molar-refractivity contribution is 5.81. The average Bonchev–Trinajstić information content (AvgIpc) is 0.846. The summed E-state index contributed by atoms with van der Waals surface area (Å²) in [5, 5.41) is 37.9. The first-order valence-electron chi connectivity index (χ1n) is 38.7. The molecule has 5 aromatic carbocycles. The second-order valence-electron chi connectivity index (χ2n) is 29.5. The average molecular weight is 1510 g/mol. The third-order valence-electron chi connectivity index (χ3n) is 20.1. The number of hydrogen-bond acceptors (Lipinski definition) is 23. The fraction of sp³-hybridized carbons (Fsp3) is 0.357. The Kier molecular flexibility index (Phi) is 27.3. The number of piperidine rings is 1. The highest BCUT2D eigenvalue weighted by Crippen LogP contribution is 2.38. The summed E-state index contributed by atoms with van der Waals surface area (Å²) in [4.78, 5) is 54.7. The number of anilines is 12. The molecule has 6 N–H and O–H groups in total. The van der Waals surface area contributed by atoms with E-state index in [2.05, 4.69) is 194 Å². The summed E-state index contributed by atoms with van der Waals surface area (Å²) < 4.78 is 12.6. The number of likely N-dealkylation sites (tertiary alicyclic amines) is 1. The van der Waals surface area contributed by atoms with Gasteiger partial charge in [0.1, 0.15) is 48.9 Å². The maximum absolute atomic E-state index is 12.6. The van der Waals surface area contributed by atoms with E-state index < -0.39 is 0 Å². The molecule has 3 fully saturated rings. The SMILES string of the molecule is CC(C)CCN(C)c1cccc(-n2cnc(Nc3ccccc3)n2)c1.CCN(CC)CCNc1cc(-n2cnc(Nc3ccccc3)n2)ccn1.CN1C(C)(C)CC(Nc2cc(-n3cnc(Nc4ccccc4)n3)ccn2)CC1(C)C.O=C(C1CCCO1)N1CCN(c2cc(-n3cnc(Nc4ccccc4)n3)ccn2)CC1. The molecule has 112 heavy (non-hydrogen) atoms. The molecule has 1 atom stereocenters. The molecule has 28 nitrogen and oxygen atoms in total. The van der Waals surface area contributed by atoms with Crippen LogP contribution in [0.4, 0.5) is 69.7 Å². The number of piperazine rings is 1. The predicted molar refractivity (Wildman–Crippen MR) is 447 cm³/mol. The quantitative estimate of drug-likeness (QED) is 0.0294. The second kappa shape index (κ2) is 38.5. The third kappa shape index (κ3) is 22.5. The first kappa shape index (κ1) is 79.4. The fourth-order valence-electron chi connectivity index (χ4n) is 13.6. The second-order valence-corrected chi connectivity index (χ2v) is 29.5. The molecule has 0 aliphatic carbocycles. The molecule has 12 aromatic rings. The Hall–Kier alpha value is -12.1. The minimum Gasteiger partial charge on any atom is -0.375 e. The van der Waals surface area contributed by atoms with Gasteiger partial charge in [0, 0.05) is 142 Å². The summed E-state index contributed by atoms with van der Waals surface area (Å²) in [7, 11) is 4.35. The molecule has 3 aliphatic rings. The van der Waals surface area contributed by atoms with E-state index >= 15 is 0 Å². The van der Waals surface area contributed by atoms with Crippen molar-refractivity contribution in [2.75, 3.05) is 121 Å². The zero-order valence-electron chi connectivity index (χ0n) is 66.0. The van der Waals surface area contributed by atoms with Crippen molar-refractivity contribution in [2.24, 2.45) is 5.92 Å². The van der Waals surface area contributed by atoms with Gasteiger partial charge < -0.3 is 56.2 Å². The van der Waals surface area contributed by atoms with E-state index in [9.17, 15) is 4.79 Å². The van der Waals surface area contributed by atoms with Crippen LogP contribution in [0.3, 0.4) is 0 Å². The molecule has 0 saturated carbocycles. The standard InChI is InChI=1S/C23H31N7.C22H25N7O2.C20H25N5.C19H25N7/c1-22(2)14-18(15-23(3,4)29(22)5)26-20-13-19(11-12-24-20)30-16-25-21(28-30)27-17-9-7-6-8-10-17;30-21(19-7-4-14-31-19)28-12-10-27(11-13-28)20-15-18(8-9-23-20)29-16-24-22(26-29)25-17-5-2-1-3-6-17;1-16(2)12-13-24(3)18-10-7-11-19(14-18)25-15-21-20(23-25)22-17-8-5-4-6-9-17;1-3-25(4-2)13-12-21-18-14-17(10-11-20-18)26-15-22-19(24-26)23-16-8-6-5-7-9-16/h6-13,16,18H,14-15H2,1-5H3,(H,24,26)(H,27,28);1-3,5-6,8-9,15-16,19H,4,7,10-14H2,(H,25,26);4-11,14-16H,12-13H2,1-3H3,(H,22,23);5-11,14-15H,3-4,12-13H2,1-2H3,(H,20,21)(H,23,24). The monoisotopic (exact) mass is 1510 g/mol. The van der Waals surface area contributed by atoms with Crippen LogP contribution in [-0.2, 0) is 9.53 Å². The molecule has 3 aliphatic heterocycles. The summed E-state index contributed by atoms with van der Waals surface area (Å²) in [6, 6.07) is 60.0.